The lowest BCUT2D eigenvalue weighted by Crippen LogP contribution is -1.57. The second-order valence-corrected chi connectivity index (χ2v) is 10.2. The van der Waals surface area contributed by atoms with Gasteiger partial charge in [-0.2, -0.15) is 0 Å². The van der Waals surface area contributed by atoms with Crippen LogP contribution in [0.2, 0.25) is 0 Å². The van der Waals surface area contributed by atoms with Gasteiger partial charge in [-0.3, -0.25) is 0 Å². The zero-order valence-electron chi connectivity index (χ0n) is 9.20. The van der Waals surface area contributed by atoms with Crippen LogP contribution in [0.25, 0.3) is 9.75 Å². The summed E-state index contributed by atoms with van der Waals surface area (Å²) in [6.45, 7) is 0. The van der Waals surface area contributed by atoms with E-state index >= 15 is 0 Å². The van der Waals surface area contributed by atoms with Crippen molar-refractivity contribution in [1.29, 1.82) is 0 Å². The van der Waals surface area contributed by atoms with E-state index < -0.39 is 0 Å². The summed E-state index contributed by atoms with van der Waals surface area (Å²) in [7, 11) is 0. The minimum Gasteiger partial charge on any atom is -0.142 e. The molecule has 0 amide bonds. The Bertz CT molecular complexity index is 599. The van der Waals surface area contributed by atoms with Gasteiger partial charge in [-0.1, -0.05) is 0 Å². The molecule has 0 aliphatic rings. The number of hydrogen-bond donors (Lipinski definition) is 0. The fourth-order valence-corrected chi connectivity index (χ4v) is 6.12. The van der Waals surface area contributed by atoms with Gasteiger partial charge in [-0.05, 0) is 81.9 Å². The molecule has 7 heteroatoms. The highest BCUT2D eigenvalue weighted by Crippen LogP contribution is 2.35. The smallest absolute Gasteiger partial charge is 0.0710 e. The summed E-state index contributed by atoms with van der Waals surface area (Å²) in [6, 6.07) is 6.30. The molecular formula is C12H6Br4S3. The van der Waals surface area contributed by atoms with E-state index in [1.165, 1.54) is 13.5 Å². The fourth-order valence-electron chi connectivity index (χ4n) is 1.17. The third kappa shape index (κ3) is 5.37. The second-order valence-electron chi connectivity index (χ2n) is 3.33. The quantitative estimate of drug-likeness (QED) is 0.278. The van der Waals surface area contributed by atoms with E-state index in [0.29, 0.717) is 0 Å². The summed E-state index contributed by atoms with van der Waals surface area (Å²) >= 11 is 18.7. The predicted molar refractivity (Wildman–Crippen MR) is 103 cm³/mol. The summed E-state index contributed by atoms with van der Waals surface area (Å²) in [5, 5.41) is 6.23. The van der Waals surface area contributed by atoms with Crippen molar-refractivity contribution in [2.24, 2.45) is 0 Å². The first-order valence-electron chi connectivity index (χ1n) is 4.92. The van der Waals surface area contributed by atoms with Crippen LogP contribution in [0.5, 0.6) is 0 Å². The van der Waals surface area contributed by atoms with Gasteiger partial charge in [0.2, 0.25) is 0 Å². The van der Waals surface area contributed by atoms with Crippen molar-refractivity contribution in [2.75, 3.05) is 0 Å². The highest BCUT2D eigenvalue weighted by Gasteiger charge is 2.03. The van der Waals surface area contributed by atoms with Crippen LogP contribution in [0.3, 0.4) is 0 Å². The predicted octanol–water partition coefficient (Wildman–Crippen LogP) is 8.27. The first-order chi connectivity index (χ1) is 9.04. The van der Waals surface area contributed by atoms with Crippen LogP contribution in [-0.2, 0) is 0 Å². The van der Waals surface area contributed by atoms with Gasteiger partial charge in [0.1, 0.15) is 0 Å². The maximum Gasteiger partial charge on any atom is 0.0710 e. The topological polar surface area (TPSA) is 0 Å². The Morgan fingerprint density at radius 1 is 0.579 bits per heavy atom. The van der Waals surface area contributed by atoms with Gasteiger partial charge in [-0.25, -0.2) is 0 Å². The number of thiophene rings is 3. The molecule has 0 saturated heterocycles. The van der Waals surface area contributed by atoms with Crippen LogP contribution in [0, 0.1) is 0 Å². The minimum absolute atomic E-state index is 1.14. The van der Waals surface area contributed by atoms with E-state index in [1.54, 1.807) is 34.0 Å². The Morgan fingerprint density at radius 3 is 1.21 bits per heavy atom. The van der Waals surface area contributed by atoms with Crippen molar-refractivity contribution >= 4 is 97.7 Å². The fraction of sp³-hybridized carbons (Fsp3) is 0. The second kappa shape index (κ2) is 7.87. The maximum atomic E-state index is 3.44. The molecule has 0 bridgehead atoms. The Hall–Kier alpha value is 1.02. The van der Waals surface area contributed by atoms with Gasteiger partial charge in [0.25, 0.3) is 0 Å². The number of rotatable bonds is 1. The zero-order valence-corrected chi connectivity index (χ0v) is 18.0. The van der Waals surface area contributed by atoms with E-state index in [1.807, 2.05) is 11.4 Å². The molecule has 0 nitrogen and oxygen atoms in total. The van der Waals surface area contributed by atoms with Crippen molar-refractivity contribution in [2.45, 2.75) is 0 Å². The molecule has 0 radical (unpaired) electrons. The molecule has 0 saturated carbocycles. The third-order valence-electron chi connectivity index (χ3n) is 1.91. The zero-order chi connectivity index (χ0) is 13.8. The molecule has 0 atom stereocenters. The maximum absolute atomic E-state index is 3.44. The Morgan fingerprint density at radius 2 is 1.00 bits per heavy atom. The van der Waals surface area contributed by atoms with Crippen LogP contribution < -0.4 is 0 Å². The Kier molecular flexibility index (Phi) is 6.79. The molecule has 3 rings (SSSR count). The average Bonchev–Trinajstić information content (AvgIpc) is 3.03. The lowest BCUT2D eigenvalue weighted by Gasteiger charge is -1.85. The van der Waals surface area contributed by atoms with E-state index in [9.17, 15) is 0 Å². The summed E-state index contributed by atoms with van der Waals surface area (Å²) < 4.78 is 4.63. The van der Waals surface area contributed by atoms with Gasteiger partial charge >= 0.3 is 0 Å². The normalized spacial score (nSPS) is 10.1. The first kappa shape index (κ1) is 16.4. The SMILES string of the molecule is Brc1csc(-c2cc(Br)cs2)c1.Brc1csc(Br)c1. The van der Waals surface area contributed by atoms with Crippen LogP contribution in [0.1, 0.15) is 0 Å². The van der Waals surface area contributed by atoms with Crippen LogP contribution in [0.4, 0.5) is 0 Å². The number of halogens is 4. The van der Waals surface area contributed by atoms with E-state index in [-0.39, 0.29) is 0 Å². The van der Waals surface area contributed by atoms with Crippen molar-refractivity contribution in [3.8, 4) is 9.75 Å². The Balaban J connectivity index is 0.000000163. The largest absolute Gasteiger partial charge is 0.142 e. The molecule has 3 aromatic rings. The van der Waals surface area contributed by atoms with Gasteiger partial charge in [0.05, 0.1) is 3.79 Å². The molecule has 0 fully saturated rings. The van der Waals surface area contributed by atoms with Gasteiger partial charge < -0.3 is 0 Å². The van der Waals surface area contributed by atoms with E-state index in [2.05, 4.69) is 86.6 Å². The van der Waals surface area contributed by atoms with Crippen molar-refractivity contribution in [3.05, 3.63) is 51.5 Å². The lowest BCUT2D eigenvalue weighted by molar-refractivity contribution is 1.84. The van der Waals surface area contributed by atoms with Crippen LogP contribution >= 0.6 is 97.7 Å². The van der Waals surface area contributed by atoms with E-state index in [4.69, 9.17) is 0 Å². The standard InChI is InChI=1S/C8H4Br2S2.C4H2Br2S/c9-5-1-7(11-3-5)8-2-6(10)4-12-8;5-3-1-4(6)7-2-3/h1-4H;1-2H. The van der Waals surface area contributed by atoms with E-state index in [0.717, 1.165) is 13.4 Å². The van der Waals surface area contributed by atoms with Gasteiger partial charge in [0.15, 0.2) is 0 Å². The summed E-state index contributed by atoms with van der Waals surface area (Å²) in [5.41, 5.74) is 0. The highest BCUT2D eigenvalue weighted by atomic mass is 79.9. The lowest BCUT2D eigenvalue weighted by atomic mass is 10.4. The van der Waals surface area contributed by atoms with Crippen molar-refractivity contribution < 1.29 is 0 Å². The molecule has 0 aliphatic heterocycles. The number of hydrogen-bond acceptors (Lipinski definition) is 3. The molecular weight excluding hydrogens is 560 g/mol. The first-order valence-corrected chi connectivity index (χ1v) is 10.7. The molecule has 19 heavy (non-hydrogen) atoms. The summed E-state index contributed by atoms with van der Waals surface area (Å²) in [5.74, 6) is 0. The van der Waals surface area contributed by atoms with Crippen molar-refractivity contribution in [3.63, 3.8) is 0 Å². The molecule has 0 aliphatic carbocycles. The molecule has 0 spiro atoms. The average molecular weight is 566 g/mol. The molecule has 0 unspecified atom stereocenters. The monoisotopic (exact) mass is 562 g/mol. The van der Waals surface area contributed by atoms with Crippen LogP contribution in [-0.4, -0.2) is 0 Å². The van der Waals surface area contributed by atoms with Crippen molar-refractivity contribution in [1.82, 2.24) is 0 Å². The molecule has 100 valence electrons. The van der Waals surface area contributed by atoms with Crippen LogP contribution in [0.15, 0.2) is 51.5 Å². The third-order valence-corrected chi connectivity index (χ3v) is 7.76. The molecule has 3 heterocycles. The van der Waals surface area contributed by atoms with Gasteiger partial charge in [0, 0.05) is 39.3 Å². The summed E-state index contributed by atoms with van der Waals surface area (Å²) in [4.78, 5) is 2.63. The van der Waals surface area contributed by atoms with Gasteiger partial charge in [-0.15, -0.1) is 34.0 Å². The highest BCUT2D eigenvalue weighted by molar-refractivity contribution is 9.11. The molecule has 0 N–H and O–H groups in total. The Labute approximate surface area is 157 Å². The minimum atomic E-state index is 1.14. The molecule has 3 aromatic heterocycles. The summed E-state index contributed by atoms with van der Waals surface area (Å²) in [6.07, 6.45) is 0. The molecule has 0 aromatic carbocycles.